The normalized spacial score (nSPS) is 18.7. The summed E-state index contributed by atoms with van der Waals surface area (Å²) in [6, 6.07) is 2.02. The van der Waals surface area contributed by atoms with E-state index < -0.39 is 29.5 Å². The largest absolute Gasteiger partial charge is 0.419 e. The van der Waals surface area contributed by atoms with Crippen LogP contribution in [0.15, 0.2) is 18.2 Å². The summed E-state index contributed by atoms with van der Waals surface area (Å²) in [7, 11) is 0. The summed E-state index contributed by atoms with van der Waals surface area (Å²) < 4.78 is 51.4. The van der Waals surface area contributed by atoms with Crippen LogP contribution in [-0.2, 0) is 22.3 Å². The molecule has 26 heavy (non-hydrogen) atoms. The third kappa shape index (κ3) is 4.94. The zero-order valence-electron chi connectivity index (χ0n) is 14.5. The number of hydrogen-bond donors (Lipinski definition) is 2. The van der Waals surface area contributed by atoms with Crippen LogP contribution in [0, 0.1) is 5.82 Å². The highest BCUT2D eigenvalue weighted by molar-refractivity contribution is 5.88. The Labute approximate surface area is 148 Å². The number of benzene rings is 1. The van der Waals surface area contributed by atoms with Gasteiger partial charge in [-0.25, -0.2) is 4.39 Å². The molecule has 1 atom stereocenters. The van der Waals surface area contributed by atoms with Gasteiger partial charge in [-0.3, -0.25) is 14.5 Å². The molecule has 1 aromatic carbocycles. The van der Waals surface area contributed by atoms with E-state index in [4.69, 9.17) is 0 Å². The molecule has 144 valence electrons. The Balaban J connectivity index is 1.99. The van der Waals surface area contributed by atoms with Crippen molar-refractivity contribution in [2.45, 2.75) is 45.1 Å². The van der Waals surface area contributed by atoms with E-state index in [2.05, 4.69) is 10.6 Å². The van der Waals surface area contributed by atoms with Gasteiger partial charge < -0.3 is 10.6 Å². The molecule has 9 heteroatoms. The lowest BCUT2D eigenvalue weighted by molar-refractivity contribution is -0.140. The molecule has 0 radical (unpaired) electrons. The number of halogens is 4. The van der Waals surface area contributed by atoms with Crippen LogP contribution >= 0.6 is 0 Å². The first-order valence-corrected chi connectivity index (χ1v) is 8.25. The van der Waals surface area contributed by atoms with Crippen molar-refractivity contribution in [3.8, 4) is 0 Å². The third-order valence-electron chi connectivity index (χ3n) is 4.24. The zero-order valence-corrected chi connectivity index (χ0v) is 14.5. The summed E-state index contributed by atoms with van der Waals surface area (Å²) in [4.78, 5) is 26.0. The molecule has 1 aliphatic rings. The molecular weight excluding hydrogens is 354 g/mol. The Morgan fingerprint density at radius 1 is 1.38 bits per heavy atom. The van der Waals surface area contributed by atoms with Crippen molar-refractivity contribution in [3.63, 3.8) is 0 Å². The van der Waals surface area contributed by atoms with E-state index in [0.717, 1.165) is 6.07 Å². The molecule has 0 bridgehead atoms. The molecule has 1 heterocycles. The van der Waals surface area contributed by atoms with Gasteiger partial charge in [-0.2, -0.15) is 13.2 Å². The number of carbonyl (C=O) groups excluding carboxylic acids is 2. The van der Waals surface area contributed by atoms with Gasteiger partial charge in [-0.15, -0.1) is 0 Å². The molecule has 1 aliphatic heterocycles. The molecule has 0 aliphatic carbocycles. The number of nitrogens with one attached hydrogen (secondary N) is 2. The van der Waals surface area contributed by atoms with E-state index >= 15 is 0 Å². The summed E-state index contributed by atoms with van der Waals surface area (Å²) in [5, 5.41) is 5.19. The summed E-state index contributed by atoms with van der Waals surface area (Å²) in [6.07, 6.45) is -4.90. The number of rotatable bonds is 5. The summed E-state index contributed by atoms with van der Waals surface area (Å²) in [6.45, 7) is 4.78. The fraction of sp³-hybridized carbons (Fsp3) is 0.529. The van der Waals surface area contributed by atoms with Gasteiger partial charge in [-0.05, 0) is 31.5 Å². The molecule has 2 amide bonds. The average molecular weight is 375 g/mol. The van der Waals surface area contributed by atoms with Crippen molar-refractivity contribution in [3.05, 3.63) is 35.1 Å². The van der Waals surface area contributed by atoms with Crippen molar-refractivity contribution in [1.29, 1.82) is 0 Å². The highest BCUT2D eigenvalue weighted by Gasteiger charge is 2.35. The minimum absolute atomic E-state index is 0.0743. The minimum atomic E-state index is -4.80. The first kappa shape index (κ1) is 20.2. The van der Waals surface area contributed by atoms with Crippen LogP contribution in [0.3, 0.4) is 0 Å². The van der Waals surface area contributed by atoms with Crippen LogP contribution in [0.1, 0.15) is 31.4 Å². The Kier molecular flexibility index (Phi) is 6.22. The van der Waals surface area contributed by atoms with Gasteiger partial charge in [0.25, 0.3) is 0 Å². The quantitative estimate of drug-likeness (QED) is 0.775. The second-order valence-corrected chi connectivity index (χ2v) is 6.43. The standard InChI is InChI=1S/C17H21F4N3O2/c1-10(2)24-6-5-22-16(26)14(24)8-15(25)23-9-11-3-4-13(18)12(7-11)17(19,20)21/h3-4,7,10,14H,5-6,8-9H2,1-2H3,(H,22,26)(H,23,25)/t14-/m1/s1. The average Bonchev–Trinajstić information content (AvgIpc) is 2.54. The fourth-order valence-electron chi connectivity index (χ4n) is 2.91. The smallest absolute Gasteiger partial charge is 0.353 e. The Hall–Kier alpha value is -2.16. The van der Waals surface area contributed by atoms with Crippen LogP contribution < -0.4 is 10.6 Å². The summed E-state index contributed by atoms with van der Waals surface area (Å²) in [5.41, 5.74) is -1.25. The topological polar surface area (TPSA) is 61.4 Å². The second-order valence-electron chi connectivity index (χ2n) is 6.43. The van der Waals surface area contributed by atoms with Crippen molar-refractivity contribution in [1.82, 2.24) is 15.5 Å². The molecule has 0 aromatic heterocycles. The second kappa shape index (κ2) is 8.03. The van der Waals surface area contributed by atoms with E-state index in [1.807, 2.05) is 18.7 Å². The van der Waals surface area contributed by atoms with E-state index in [-0.39, 0.29) is 30.5 Å². The Morgan fingerprint density at radius 3 is 2.69 bits per heavy atom. The molecule has 2 rings (SSSR count). The molecule has 1 fully saturated rings. The molecular formula is C17H21F4N3O2. The lowest BCUT2D eigenvalue weighted by atomic mass is 10.1. The molecule has 1 saturated heterocycles. The summed E-state index contributed by atoms with van der Waals surface area (Å²) >= 11 is 0. The monoisotopic (exact) mass is 375 g/mol. The summed E-state index contributed by atoms with van der Waals surface area (Å²) in [5.74, 6) is -2.07. The Bertz CT molecular complexity index is 676. The number of carbonyl (C=O) groups is 2. The van der Waals surface area contributed by atoms with E-state index in [1.54, 1.807) is 0 Å². The maximum Gasteiger partial charge on any atom is 0.419 e. The first-order valence-electron chi connectivity index (χ1n) is 8.25. The lowest BCUT2D eigenvalue weighted by Crippen LogP contribution is -2.58. The number of amides is 2. The first-order chi connectivity index (χ1) is 12.1. The van der Waals surface area contributed by atoms with Gasteiger partial charge in [0.05, 0.1) is 18.0 Å². The van der Waals surface area contributed by atoms with Gasteiger partial charge in [-0.1, -0.05) is 6.07 Å². The third-order valence-corrected chi connectivity index (χ3v) is 4.24. The molecule has 0 unspecified atom stereocenters. The van der Waals surface area contributed by atoms with Crippen molar-refractivity contribution >= 4 is 11.8 Å². The number of piperazine rings is 1. The lowest BCUT2D eigenvalue weighted by Gasteiger charge is -2.37. The van der Waals surface area contributed by atoms with Gasteiger partial charge in [0.1, 0.15) is 5.82 Å². The van der Waals surface area contributed by atoms with Crippen molar-refractivity contribution in [2.24, 2.45) is 0 Å². The van der Waals surface area contributed by atoms with Crippen molar-refractivity contribution < 1.29 is 27.2 Å². The number of hydrogen-bond acceptors (Lipinski definition) is 3. The van der Waals surface area contributed by atoms with E-state index in [1.165, 1.54) is 6.07 Å². The highest BCUT2D eigenvalue weighted by atomic mass is 19.4. The van der Waals surface area contributed by atoms with Crippen LogP contribution in [-0.4, -0.2) is 41.9 Å². The van der Waals surface area contributed by atoms with Gasteiger partial charge in [0, 0.05) is 25.7 Å². The highest BCUT2D eigenvalue weighted by Crippen LogP contribution is 2.31. The number of nitrogens with zero attached hydrogens (tertiary/aromatic N) is 1. The predicted octanol–water partition coefficient (Wildman–Crippen LogP) is 2.06. The van der Waals surface area contributed by atoms with Crippen LogP contribution in [0.5, 0.6) is 0 Å². The van der Waals surface area contributed by atoms with Gasteiger partial charge in [0.2, 0.25) is 11.8 Å². The molecule has 0 spiro atoms. The molecule has 1 aromatic rings. The van der Waals surface area contributed by atoms with Crippen LogP contribution in [0.25, 0.3) is 0 Å². The molecule has 5 nitrogen and oxygen atoms in total. The number of alkyl halides is 3. The zero-order chi connectivity index (χ0) is 19.5. The van der Waals surface area contributed by atoms with Gasteiger partial charge >= 0.3 is 6.18 Å². The molecule has 2 N–H and O–H groups in total. The fourth-order valence-corrected chi connectivity index (χ4v) is 2.91. The van der Waals surface area contributed by atoms with E-state index in [9.17, 15) is 27.2 Å². The Morgan fingerprint density at radius 2 is 2.08 bits per heavy atom. The maximum atomic E-state index is 13.3. The van der Waals surface area contributed by atoms with E-state index in [0.29, 0.717) is 19.2 Å². The maximum absolute atomic E-state index is 13.3. The van der Waals surface area contributed by atoms with Crippen LogP contribution in [0.4, 0.5) is 17.6 Å². The van der Waals surface area contributed by atoms with Gasteiger partial charge in [0.15, 0.2) is 0 Å². The van der Waals surface area contributed by atoms with Crippen molar-refractivity contribution in [2.75, 3.05) is 13.1 Å². The predicted molar refractivity (Wildman–Crippen MR) is 86.5 cm³/mol. The minimum Gasteiger partial charge on any atom is -0.353 e. The molecule has 0 saturated carbocycles. The SMILES string of the molecule is CC(C)N1CCNC(=O)[C@H]1CC(=O)NCc1ccc(F)c(C(F)(F)F)c1. The van der Waals surface area contributed by atoms with Crippen LogP contribution in [0.2, 0.25) is 0 Å².